The number of aliphatic hydroxyl groups excluding tert-OH is 1. The minimum absolute atomic E-state index is 0.204. The molecular weight excluding hydrogens is 146 g/mol. The largest absolute Gasteiger partial charge is 0.387 e. The van der Waals surface area contributed by atoms with Crippen molar-refractivity contribution in [2.75, 3.05) is 18.5 Å². The Hall–Kier alpha value is -1.10. The van der Waals surface area contributed by atoms with Crippen LogP contribution in [-0.2, 0) is 6.61 Å². The van der Waals surface area contributed by atoms with Gasteiger partial charge in [0, 0.05) is 13.6 Å². The van der Waals surface area contributed by atoms with Gasteiger partial charge in [0.1, 0.15) is 6.61 Å². The molecule has 62 valence electrons. The standard InChI is InChI=1S/C6H11N3O2/c1-3-9(2)6-7-5(4-10)11-8-6/h10H,3-4H2,1-2H3. The summed E-state index contributed by atoms with van der Waals surface area (Å²) in [5, 5.41) is 12.2. The molecule has 1 heterocycles. The molecule has 1 N–H and O–H groups in total. The summed E-state index contributed by atoms with van der Waals surface area (Å²) in [4.78, 5) is 5.72. The van der Waals surface area contributed by atoms with Crippen LogP contribution in [0.5, 0.6) is 0 Å². The van der Waals surface area contributed by atoms with E-state index in [9.17, 15) is 0 Å². The van der Waals surface area contributed by atoms with Crippen molar-refractivity contribution in [2.45, 2.75) is 13.5 Å². The summed E-state index contributed by atoms with van der Waals surface area (Å²) in [7, 11) is 1.85. The van der Waals surface area contributed by atoms with E-state index in [1.54, 1.807) is 0 Å². The lowest BCUT2D eigenvalue weighted by Crippen LogP contribution is -2.17. The molecular formula is C6H11N3O2. The summed E-state index contributed by atoms with van der Waals surface area (Å²) in [6.45, 7) is 2.59. The molecule has 0 aliphatic carbocycles. The van der Waals surface area contributed by atoms with Gasteiger partial charge >= 0.3 is 0 Å². The van der Waals surface area contributed by atoms with E-state index in [1.807, 2.05) is 18.9 Å². The van der Waals surface area contributed by atoms with Gasteiger partial charge in [0.15, 0.2) is 0 Å². The zero-order valence-corrected chi connectivity index (χ0v) is 6.61. The third-order valence-corrected chi connectivity index (χ3v) is 1.41. The number of rotatable bonds is 3. The van der Waals surface area contributed by atoms with Crippen molar-refractivity contribution in [3.05, 3.63) is 5.89 Å². The SMILES string of the molecule is CCN(C)c1noc(CO)n1. The first-order valence-electron chi connectivity index (χ1n) is 3.42. The molecule has 0 aromatic carbocycles. The van der Waals surface area contributed by atoms with Crippen molar-refractivity contribution in [3.8, 4) is 0 Å². The minimum Gasteiger partial charge on any atom is -0.387 e. The van der Waals surface area contributed by atoms with Crippen LogP contribution in [0.2, 0.25) is 0 Å². The van der Waals surface area contributed by atoms with Gasteiger partial charge in [0.25, 0.3) is 11.8 Å². The van der Waals surface area contributed by atoms with Gasteiger partial charge in [-0.05, 0) is 12.1 Å². The Morgan fingerprint density at radius 1 is 1.64 bits per heavy atom. The molecule has 0 unspecified atom stereocenters. The van der Waals surface area contributed by atoms with Crippen molar-refractivity contribution in [1.82, 2.24) is 10.1 Å². The van der Waals surface area contributed by atoms with E-state index in [4.69, 9.17) is 5.11 Å². The molecule has 1 aromatic rings. The highest BCUT2D eigenvalue weighted by atomic mass is 16.5. The summed E-state index contributed by atoms with van der Waals surface area (Å²) < 4.78 is 4.68. The van der Waals surface area contributed by atoms with Gasteiger partial charge in [-0.25, -0.2) is 0 Å². The Morgan fingerprint density at radius 2 is 2.36 bits per heavy atom. The average molecular weight is 157 g/mol. The van der Waals surface area contributed by atoms with E-state index >= 15 is 0 Å². The molecule has 0 bridgehead atoms. The smallest absolute Gasteiger partial charge is 0.265 e. The molecule has 0 atom stereocenters. The maximum absolute atomic E-state index is 8.59. The molecule has 0 radical (unpaired) electrons. The lowest BCUT2D eigenvalue weighted by atomic mass is 10.6. The van der Waals surface area contributed by atoms with Crippen LogP contribution in [0.15, 0.2) is 4.52 Å². The lowest BCUT2D eigenvalue weighted by Gasteiger charge is -2.08. The monoisotopic (exact) mass is 157 g/mol. The third-order valence-electron chi connectivity index (χ3n) is 1.41. The molecule has 11 heavy (non-hydrogen) atoms. The quantitative estimate of drug-likeness (QED) is 0.670. The third kappa shape index (κ3) is 1.68. The van der Waals surface area contributed by atoms with Crippen molar-refractivity contribution in [2.24, 2.45) is 0 Å². The summed E-state index contributed by atoms with van der Waals surface area (Å²) in [5.74, 6) is 0.761. The number of anilines is 1. The first kappa shape index (κ1) is 8.00. The second kappa shape index (κ2) is 3.34. The van der Waals surface area contributed by atoms with Gasteiger partial charge in [-0.1, -0.05) is 0 Å². The van der Waals surface area contributed by atoms with Crippen LogP contribution in [0.1, 0.15) is 12.8 Å². The van der Waals surface area contributed by atoms with Gasteiger partial charge in [-0.3, -0.25) is 0 Å². The molecule has 0 fully saturated rings. The van der Waals surface area contributed by atoms with Gasteiger partial charge in [0.05, 0.1) is 0 Å². The lowest BCUT2D eigenvalue weighted by molar-refractivity contribution is 0.222. The predicted molar refractivity (Wildman–Crippen MR) is 39.2 cm³/mol. The first-order chi connectivity index (χ1) is 5.27. The molecule has 5 heteroatoms. The Bertz CT molecular complexity index is 223. The van der Waals surface area contributed by atoms with E-state index in [-0.39, 0.29) is 12.5 Å². The topological polar surface area (TPSA) is 62.4 Å². The molecule has 1 aromatic heterocycles. The normalized spacial score (nSPS) is 10.1. The second-order valence-electron chi connectivity index (χ2n) is 2.16. The van der Waals surface area contributed by atoms with Crippen LogP contribution < -0.4 is 4.90 Å². The number of aromatic nitrogens is 2. The molecule has 0 spiro atoms. The van der Waals surface area contributed by atoms with Crippen molar-refractivity contribution in [1.29, 1.82) is 0 Å². The van der Waals surface area contributed by atoms with E-state index in [0.29, 0.717) is 5.95 Å². The Balaban J connectivity index is 2.71. The van der Waals surface area contributed by atoms with Crippen LogP contribution in [0.4, 0.5) is 5.95 Å². The van der Waals surface area contributed by atoms with Gasteiger partial charge in [-0.15, -0.1) is 0 Å². The van der Waals surface area contributed by atoms with Crippen molar-refractivity contribution >= 4 is 5.95 Å². The molecule has 0 aliphatic rings. The average Bonchev–Trinajstić information content (AvgIpc) is 2.50. The molecule has 0 amide bonds. The maximum atomic E-state index is 8.59. The highest BCUT2D eigenvalue weighted by Crippen LogP contribution is 2.05. The number of nitrogens with zero attached hydrogens (tertiary/aromatic N) is 3. The zero-order valence-electron chi connectivity index (χ0n) is 6.61. The molecule has 0 saturated heterocycles. The van der Waals surface area contributed by atoms with Crippen molar-refractivity contribution in [3.63, 3.8) is 0 Å². The summed E-state index contributed by atoms with van der Waals surface area (Å²) in [6, 6.07) is 0. The minimum atomic E-state index is -0.204. The number of hydrogen-bond acceptors (Lipinski definition) is 5. The van der Waals surface area contributed by atoms with Gasteiger partial charge in [0.2, 0.25) is 0 Å². The summed E-state index contributed by atoms with van der Waals surface area (Å²) in [5.41, 5.74) is 0. The molecule has 0 saturated carbocycles. The van der Waals surface area contributed by atoms with Crippen molar-refractivity contribution < 1.29 is 9.63 Å². The fourth-order valence-corrected chi connectivity index (χ4v) is 0.607. The van der Waals surface area contributed by atoms with Crippen LogP contribution in [0, 0.1) is 0 Å². The molecule has 5 nitrogen and oxygen atoms in total. The molecule has 0 aliphatic heterocycles. The second-order valence-corrected chi connectivity index (χ2v) is 2.16. The Kier molecular flexibility index (Phi) is 2.43. The van der Waals surface area contributed by atoms with Crippen LogP contribution in [-0.4, -0.2) is 28.8 Å². The van der Waals surface area contributed by atoms with Gasteiger partial charge < -0.3 is 14.5 Å². The van der Waals surface area contributed by atoms with Gasteiger partial charge in [-0.2, -0.15) is 4.98 Å². The highest BCUT2D eigenvalue weighted by Gasteiger charge is 2.06. The zero-order chi connectivity index (χ0) is 8.27. The number of hydrogen-bond donors (Lipinski definition) is 1. The number of aliphatic hydroxyl groups is 1. The predicted octanol–water partition coefficient (Wildman–Crippen LogP) is 0.0180. The van der Waals surface area contributed by atoms with Crippen LogP contribution in [0.3, 0.4) is 0 Å². The van der Waals surface area contributed by atoms with Crippen LogP contribution in [0.25, 0.3) is 0 Å². The molecule has 1 rings (SSSR count). The highest BCUT2D eigenvalue weighted by molar-refractivity contribution is 5.24. The fourth-order valence-electron chi connectivity index (χ4n) is 0.607. The maximum Gasteiger partial charge on any atom is 0.265 e. The summed E-state index contributed by atoms with van der Waals surface area (Å²) >= 11 is 0. The van der Waals surface area contributed by atoms with E-state index < -0.39 is 0 Å². The first-order valence-corrected chi connectivity index (χ1v) is 3.42. The van der Waals surface area contributed by atoms with E-state index in [2.05, 4.69) is 14.7 Å². The summed E-state index contributed by atoms with van der Waals surface area (Å²) in [6.07, 6.45) is 0. The Labute approximate surface area is 64.6 Å². The van der Waals surface area contributed by atoms with E-state index in [0.717, 1.165) is 6.54 Å². The van der Waals surface area contributed by atoms with E-state index in [1.165, 1.54) is 0 Å². The van der Waals surface area contributed by atoms with Crippen LogP contribution >= 0.6 is 0 Å². The fraction of sp³-hybridized carbons (Fsp3) is 0.667. The Morgan fingerprint density at radius 3 is 2.82 bits per heavy atom.